The van der Waals surface area contributed by atoms with Crippen LogP contribution in [-0.2, 0) is 7.05 Å². The maximum Gasteiger partial charge on any atom is 0.124 e. The van der Waals surface area contributed by atoms with Crippen molar-refractivity contribution in [3.8, 4) is 22.8 Å². The van der Waals surface area contributed by atoms with E-state index in [-0.39, 0.29) is 13.5 Å². The van der Waals surface area contributed by atoms with Crippen LogP contribution in [0.2, 0.25) is 0 Å². The molecule has 10 heteroatoms. The molecule has 0 amide bonds. The molecule has 0 saturated carbocycles. The van der Waals surface area contributed by atoms with E-state index in [1.807, 2.05) is 37.5 Å². The summed E-state index contributed by atoms with van der Waals surface area (Å²) in [5.74, 6) is 2.19. The predicted octanol–water partition coefficient (Wildman–Crippen LogP) is 5.39. The van der Waals surface area contributed by atoms with E-state index in [4.69, 9.17) is 26.1 Å². The molecule has 1 atom stereocenters. The van der Waals surface area contributed by atoms with E-state index in [0.717, 1.165) is 71.2 Å². The Morgan fingerprint density at radius 1 is 1.03 bits per heavy atom. The molecule has 0 radical (unpaired) electrons. The van der Waals surface area contributed by atoms with Crippen LogP contribution in [0.15, 0.2) is 55.0 Å². The number of hydrogen-bond donors (Lipinski definition) is 0. The number of aryl methyl sites for hydroxylation is 1. The Morgan fingerprint density at radius 2 is 1.82 bits per heavy atom. The van der Waals surface area contributed by atoms with Crippen molar-refractivity contribution in [3.05, 3.63) is 55.0 Å². The Bertz CT molecular complexity index is 1340. The fourth-order valence-corrected chi connectivity index (χ4v) is 5.36. The van der Waals surface area contributed by atoms with Gasteiger partial charge in [0.25, 0.3) is 0 Å². The molecule has 8 nitrogen and oxygen atoms in total. The number of hydrogen-bond acceptors (Lipinski definition) is 7. The van der Waals surface area contributed by atoms with Crippen LogP contribution >= 0.6 is 25.1 Å². The topological polar surface area (TPSA) is 68.5 Å². The highest BCUT2D eigenvalue weighted by molar-refractivity contribution is 7.59. The first-order valence-corrected chi connectivity index (χ1v) is 13.2. The molecule has 5 rings (SSSR count). The van der Waals surface area contributed by atoms with Crippen LogP contribution in [0.25, 0.3) is 22.3 Å². The average molecular weight is 555 g/mol. The number of benzene rings is 2. The molecule has 0 spiro atoms. The van der Waals surface area contributed by atoms with Crippen molar-refractivity contribution in [2.24, 2.45) is 7.05 Å². The lowest BCUT2D eigenvalue weighted by Gasteiger charge is -2.28. The number of methoxy groups -OCH3 is 2. The summed E-state index contributed by atoms with van der Waals surface area (Å²) in [7, 11) is 5.25. The molecule has 0 unspecified atom stereocenters. The maximum absolute atomic E-state index is 6.22. The van der Waals surface area contributed by atoms with Crippen molar-refractivity contribution in [3.63, 3.8) is 0 Å². The van der Waals surface area contributed by atoms with E-state index in [2.05, 4.69) is 32.0 Å². The van der Waals surface area contributed by atoms with Crippen molar-refractivity contribution in [2.75, 3.05) is 44.6 Å². The highest BCUT2D eigenvalue weighted by atomic mass is 35.5. The summed E-state index contributed by atoms with van der Waals surface area (Å²) in [6.45, 7) is 2.95. The molecule has 38 heavy (non-hydrogen) atoms. The normalized spacial score (nSPS) is 15.4. The number of likely N-dealkylation sites (tertiary alicyclic amines) is 1. The van der Waals surface area contributed by atoms with Gasteiger partial charge in [0, 0.05) is 73.4 Å². The first-order valence-electron chi connectivity index (χ1n) is 12.6. The Morgan fingerprint density at radius 3 is 2.50 bits per heavy atom. The van der Waals surface area contributed by atoms with E-state index in [9.17, 15) is 0 Å². The van der Waals surface area contributed by atoms with Gasteiger partial charge in [0.1, 0.15) is 11.5 Å². The van der Waals surface area contributed by atoms with Gasteiger partial charge in [-0.3, -0.25) is 14.6 Å². The van der Waals surface area contributed by atoms with Gasteiger partial charge in [-0.1, -0.05) is 0 Å². The fraction of sp³-hybridized carbons (Fsp3) is 0.393. The number of halogens is 1. The molecular weight excluding hydrogens is 520 g/mol. The molecule has 1 saturated heterocycles. The van der Waals surface area contributed by atoms with E-state index >= 15 is 0 Å². The van der Waals surface area contributed by atoms with Gasteiger partial charge in [0.05, 0.1) is 43.3 Å². The van der Waals surface area contributed by atoms with Crippen LogP contribution in [0.1, 0.15) is 19.3 Å². The summed E-state index contributed by atoms with van der Waals surface area (Å²) in [4.78, 5) is 14.4. The van der Waals surface area contributed by atoms with E-state index in [0.29, 0.717) is 11.9 Å². The summed E-state index contributed by atoms with van der Waals surface area (Å²) >= 11 is 6.22. The minimum Gasteiger partial charge on any atom is -0.497 e. The molecule has 2 aromatic heterocycles. The minimum absolute atomic E-state index is 0. The highest BCUT2D eigenvalue weighted by Gasteiger charge is 2.23. The number of ether oxygens (including phenoxy) is 2. The first-order chi connectivity index (χ1) is 18.1. The van der Waals surface area contributed by atoms with Crippen LogP contribution in [-0.4, -0.2) is 70.4 Å². The van der Waals surface area contributed by atoms with E-state index in [1.165, 1.54) is 12.8 Å². The third kappa shape index (κ3) is 6.17. The van der Waals surface area contributed by atoms with Crippen LogP contribution in [0.5, 0.6) is 11.5 Å². The van der Waals surface area contributed by atoms with E-state index < -0.39 is 0 Å². The number of aromatic nitrogens is 4. The molecule has 0 N–H and O–H groups in total. The van der Waals surface area contributed by atoms with Gasteiger partial charge in [0.15, 0.2) is 0 Å². The SMILES string of the molecule is COc1cc(OC)cc(N(CCCN2CCC[C@H]2CCl)c2ccc3ncc(-c4cnn(C)c4)nc3c2)c1.S. The quantitative estimate of drug-likeness (QED) is 0.243. The van der Waals surface area contributed by atoms with Gasteiger partial charge in [-0.15, -0.1) is 11.6 Å². The molecule has 1 aliphatic heterocycles. The maximum atomic E-state index is 6.22. The van der Waals surface area contributed by atoms with Crippen LogP contribution in [0, 0.1) is 0 Å². The molecule has 3 heterocycles. The Labute approximate surface area is 236 Å². The van der Waals surface area contributed by atoms with Crippen molar-refractivity contribution in [2.45, 2.75) is 25.3 Å². The zero-order valence-electron chi connectivity index (χ0n) is 22.1. The fourth-order valence-electron chi connectivity index (χ4n) is 5.01. The molecule has 0 aliphatic carbocycles. The molecule has 202 valence electrons. The second kappa shape index (κ2) is 12.7. The van der Waals surface area contributed by atoms with Crippen LogP contribution in [0.4, 0.5) is 11.4 Å². The number of alkyl halides is 1. The molecule has 4 aromatic rings. The van der Waals surface area contributed by atoms with Gasteiger partial charge in [0.2, 0.25) is 0 Å². The largest absolute Gasteiger partial charge is 0.497 e. The molecule has 1 fully saturated rings. The standard InChI is InChI=1S/C28H33ClN6O2.H2S/c1-33-19-20(17-31-33)28-18-30-26-8-7-21(14-27(26)32-28)35(11-5-10-34-9-4-6-22(34)16-29)23-12-24(36-2)15-25(13-23)37-3;/h7-8,12-15,17-19,22H,4-6,9-11,16H2,1-3H3;1H2/t22-;/m0./s1. The van der Waals surface area contributed by atoms with Gasteiger partial charge in [-0.2, -0.15) is 18.6 Å². The van der Waals surface area contributed by atoms with Crippen LogP contribution in [0.3, 0.4) is 0 Å². The van der Waals surface area contributed by atoms with Gasteiger partial charge < -0.3 is 14.4 Å². The Balaban J connectivity index is 0.00000336. The summed E-state index contributed by atoms with van der Waals surface area (Å²) < 4.78 is 12.9. The Hall–Kier alpha value is -3.01. The summed E-state index contributed by atoms with van der Waals surface area (Å²) in [5, 5.41) is 4.27. The Kier molecular flexibility index (Phi) is 9.35. The number of rotatable bonds is 10. The number of fused-ring (bicyclic) bond motifs is 1. The summed E-state index contributed by atoms with van der Waals surface area (Å²) in [6.07, 6.45) is 8.95. The van der Waals surface area contributed by atoms with Crippen molar-refractivity contribution < 1.29 is 9.47 Å². The van der Waals surface area contributed by atoms with Crippen molar-refractivity contribution in [1.82, 2.24) is 24.6 Å². The van der Waals surface area contributed by atoms with Gasteiger partial charge >= 0.3 is 0 Å². The third-order valence-corrected chi connectivity index (χ3v) is 7.35. The third-order valence-electron chi connectivity index (χ3n) is 6.99. The van der Waals surface area contributed by atoms with Crippen molar-refractivity contribution >= 4 is 47.5 Å². The lowest BCUT2D eigenvalue weighted by molar-refractivity contribution is 0.269. The lowest BCUT2D eigenvalue weighted by Crippen LogP contribution is -2.33. The summed E-state index contributed by atoms with van der Waals surface area (Å²) in [5.41, 5.74) is 5.46. The van der Waals surface area contributed by atoms with Gasteiger partial charge in [-0.25, -0.2) is 4.98 Å². The zero-order valence-corrected chi connectivity index (χ0v) is 23.9. The molecule has 0 bridgehead atoms. The highest BCUT2D eigenvalue weighted by Crippen LogP contribution is 2.34. The van der Waals surface area contributed by atoms with E-state index in [1.54, 1.807) is 31.3 Å². The monoisotopic (exact) mass is 554 g/mol. The smallest absolute Gasteiger partial charge is 0.124 e. The van der Waals surface area contributed by atoms with Crippen molar-refractivity contribution in [1.29, 1.82) is 0 Å². The molecule has 1 aliphatic rings. The second-order valence-corrected chi connectivity index (χ2v) is 9.70. The summed E-state index contributed by atoms with van der Waals surface area (Å²) in [6, 6.07) is 12.7. The second-order valence-electron chi connectivity index (χ2n) is 9.39. The first kappa shape index (κ1) is 28.0. The van der Waals surface area contributed by atoms with Gasteiger partial charge in [-0.05, 0) is 44.0 Å². The predicted molar refractivity (Wildman–Crippen MR) is 159 cm³/mol. The molecule has 2 aromatic carbocycles. The minimum atomic E-state index is 0. The molecular formula is C28H35ClN6O2S. The average Bonchev–Trinajstić information content (AvgIpc) is 3.58. The zero-order chi connectivity index (χ0) is 25.8. The number of anilines is 2. The van der Waals surface area contributed by atoms with Crippen LogP contribution < -0.4 is 14.4 Å². The number of nitrogens with zero attached hydrogens (tertiary/aromatic N) is 6. The lowest BCUT2D eigenvalue weighted by atomic mass is 10.1.